The highest BCUT2D eigenvalue weighted by Gasteiger charge is 2.33. The van der Waals surface area contributed by atoms with Crippen LogP contribution in [0.2, 0.25) is 0 Å². The van der Waals surface area contributed by atoms with Crippen molar-refractivity contribution in [3.63, 3.8) is 0 Å². The van der Waals surface area contributed by atoms with Crippen molar-refractivity contribution >= 4 is 29.2 Å². The van der Waals surface area contributed by atoms with Crippen LogP contribution in [0.1, 0.15) is 44.7 Å². The lowest BCUT2D eigenvalue weighted by molar-refractivity contribution is -0.122. The van der Waals surface area contributed by atoms with Crippen LogP contribution in [0.25, 0.3) is 6.08 Å². The van der Waals surface area contributed by atoms with Gasteiger partial charge in [-0.1, -0.05) is 61.9 Å². The number of hydrogen-bond acceptors (Lipinski definition) is 4. The molecular weight excluding hydrogens is 396 g/mol. The van der Waals surface area contributed by atoms with Crippen LogP contribution in [0, 0.1) is 5.41 Å². The van der Waals surface area contributed by atoms with E-state index < -0.39 is 0 Å². The summed E-state index contributed by atoms with van der Waals surface area (Å²) < 4.78 is 0. The van der Waals surface area contributed by atoms with E-state index >= 15 is 0 Å². The largest absolute Gasteiger partial charge is 0.378 e. The highest BCUT2D eigenvalue weighted by Crippen LogP contribution is 2.34. The Morgan fingerprint density at radius 1 is 1.03 bits per heavy atom. The summed E-state index contributed by atoms with van der Waals surface area (Å²) in [7, 11) is 4.01. The minimum atomic E-state index is -0.206. The summed E-state index contributed by atoms with van der Waals surface area (Å²) in [5.74, 6) is 0.358. The molecule has 0 spiro atoms. The summed E-state index contributed by atoms with van der Waals surface area (Å²) >= 11 is 0. The second-order valence-electron chi connectivity index (χ2n) is 9.53. The Morgan fingerprint density at radius 2 is 1.72 bits per heavy atom. The van der Waals surface area contributed by atoms with E-state index in [1.54, 1.807) is 0 Å². The number of carbonyl (C=O) groups excluding carboxylic acids is 1. The SMILES string of the molecule is CC1=C/C(=N/N2C(=O)/C(=C/c3ccc(N(C)C)cc3)N=C2c2ccccc2)CC(C)(C)C1. The predicted molar refractivity (Wildman–Crippen MR) is 133 cm³/mol. The van der Waals surface area contributed by atoms with Gasteiger partial charge in [0.25, 0.3) is 5.91 Å². The van der Waals surface area contributed by atoms with E-state index in [2.05, 4.69) is 26.8 Å². The first-order chi connectivity index (χ1) is 15.2. The van der Waals surface area contributed by atoms with Crippen molar-refractivity contribution in [2.24, 2.45) is 15.5 Å². The van der Waals surface area contributed by atoms with Crippen molar-refractivity contribution in [3.8, 4) is 0 Å². The van der Waals surface area contributed by atoms with Crippen LogP contribution in [0.15, 0.2) is 82.0 Å². The van der Waals surface area contributed by atoms with Gasteiger partial charge in [-0.15, -0.1) is 0 Å². The number of rotatable bonds is 4. The number of carbonyl (C=O) groups is 1. The Labute approximate surface area is 190 Å². The number of amidine groups is 1. The molecule has 0 aromatic heterocycles. The molecule has 1 heterocycles. The first-order valence-corrected chi connectivity index (χ1v) is 10.9. The van der Waals surface area contributed by atoms with Crippen molar-refractivity contribution in [3.05, 3.63) is 83.1 Å². The van der Waals surface area contributed by atoms with E-state index in [0.29, 0.717) is 11.5 Å². The monoisotopic (exact) mass is 426 g/mol. The summed E-state index contributed by atoms with van der Waals surface area (Å²) in [6.07, 6.45) is 5.79. The average Bonchev–Trinajstić information content (AvgIpc) is 3.03. The van der Waals surface area contributed by atoms with Gasteiger partial charge in [-0.3, -0.25) is 4.79 Å². The molecule has 1 aliphatic carbocycles. The molecule has 32 heavy (non-hydrogen) atoms. The summed E-state index contributed by atoms with van der Waals surface area (Å²) in [5, 5.41) is 6.26. The molecule has 0 saturated carbocycles. The maximum Gasteiger partial charge on any atom is 0.298 e. The molecule has 2 aromatic rings. The van der Waals surface area contributed by atoms with Gasteiger partial charge in [0, 0.05) is 25.3 Å². The van der Waals surface area contributed by atoms with E-state index in [4.69, 9.17) is 10.1 Å². The van der Waals surface area contributed by atoms with Gasteiger partial charge in [0.15, 0.2) is 5.84 Å². The standard InChI is InChI=1S/C27H30N4O/c1-19-15-22(18-27(2,3)17-19)29-31-25(21-9-7-6-8-10-21)28-24(26(31)32)16-20-11-13-23(14-12-20)30(4)5/h6-16H,17-18H2,1-5H3/b24-16-,29-22-. The Bertz CT molecular complexity index is 1140. The molecule has 0 saturated heterocycles. The lowest BCUT2D eigenvalue weighted by atomic mass is 9.77. The Kier molecular flexibility index (Phi) is 5.83. The molecule has 2 aliphatic rings. The third-order valence-electron chi connectivity index (χ3n) is 5.64. The Hall–Kier alpha value is -3.47. The molecule has 0 N–H and O–H groups in total. The van der Waals surface area contributed by atoms with Gasteiger partial charge in [-0.05, 0) is 55.0 Å². The van der Waals surface area contributed by atoms with Crippen molar-refractivity contribution in [1.29, 1.82) is 0 Å². The predicted octanol–water partition coefficient (Wildman–Crippen LogP) is 5.50. The summed E-state index contributed by atoms with van der Waals surface area (Å²) in [6.45, 7) is 6.59. The molecule has 5 heteroatoms. The summed E-state index contributed by atoms with van der Waals surface area (Å²) in [6, 6.07) is 17.8. The number of anilines is 1. The molecule has 0 atom stereocenters. The number of allylic oxidation sites excluding steroid dienone is 2. The molecule has 0 bridgehead atoms. The van der Waals surface area contributed by atoms with Crippen LogP contribution in [0.3, 0.4) is 0 Å². The zero-order valence-corrected chi connectivity index (χ0v) is 19.5. The fourth-order valence-electron chi connectivity index (χ4n) is 4.29. The normalized spacial score (nSPS) is 20.5. The fraction of sp³-hybridized carbons (Fsp3) is 0.296. The maximum atomic E-state index is 13.4. The zero-order chi connectivity index (χ0) is 22.9. The maximum absolute atomic E-state index is 13.4. The molecular formula is C27H30N4O. The van der Waals surface area contributed by atoms with Crippen LogP contribution in [-0.4, -0.2) is 36.6 Å². The highest BCUT2D eigenvalue weighted by molar-refractivity contribution is 6.20. The number of hydrogen-bond donors (Lipinski definition) is 0. The molecule has 2 aromatic carbocycles. The second-order valence-corrected chi connectivity index (χ2v) is 9.53. The van der Waals surface area contributed by atoms with E-state index in [-0.39, 0.29) is 11.3 Å². The Morgan fingerprint density at radius 3 is 2.34 bits per heavy atom. The van der Waals surface area contributed by atoms with E-state index in [9.17, 15) is 4.79 Å². The van der Waals surface area contributed by atoms with Gasteiger partial charge in [0.1, 0.15) is 5.70 Å². The molecule has 5 nitrogen and oxygen atoms in total. The number of amides is 1. The van der Waals surface area contributed by atoms with Crippen LogP contribution >= 0.6 is 0 Å². The minimum Gasteiger partial charge on any atom is -0.378 e. The van der Waals surface area contributed by atoms with E-state index in [0.717, 1.165) is 35.4 Å². The topological polar surface area (TPSA) is 48.3 Å². The van der Waals surface area contributed by atoms with Gasteiger partial charge in [0.2, 0.25) is 0 Å². The molecule has 4 rings (SSSR count). The van der Waals surface area contributed by atoms with Crippen molar-refractivity contribution in [1.82, 2.24) is 5.01 Å². The molecule has 1 amide bonds. The number of nitrogens with zero attached hydrogens (tertiary/aromatic N) is 4. The van der Waals surface area contributed by atoms with Crippen LogP contribution < -0.4 is 4.90 Å². The van der Waals surface area contributed by atoms with E-state index in [1.165, 1.54) is 10.6 Å². The number of hydrazone groups is 1. The van der Waals surface area contributed by atoms with Crippen molar-refractivity contribution < 1.29 is 4.79 Å². The van der Waals surface area contributed by atoms with Crippen molar-refractivity contribution in [2.75, 3.05) is 19.0 Å². The van der Waals surface area contributed by atoms with Gasteiger partial charge >= 0.3 is 0 Å². The van der Waals surface area contributed by atoms with Gasteiger partial charge in [-0.25, -0.2) is 4.99 Å². The Balaban J connectivity index is 1.73. The quantitative estimate of drug-likeness (QED) is 0.606. The lowest BCUT2D eigenvalue weighted by Crippen LogP contribution is -2.31. The molecule has 0 fully saturated rings. The highest BCUT2D eigenvalue weighted by atomic mass is 16.2. The van der Waals surface area contributed by atoms with Crippen LogP contribution in [-0.2, 0) is 4.79 Å². The average molecular weight is 427 g/mol. The summed E-state index contributed by atoms with van der Waals surface area (Å²) in [5.41, 5.74) is 5.60. The molecule has 0 radical (unpaired) electrons. The lowest BCUT2D eigenvalue weighted by Gasteiger charge is -2.29. The smallest absolute Gasteiger partial charge is 0.298 e. The van der Waals surface area contributed by atoms with Crippen molar-refractivity contribution in [2.45, 2.75) is 33.6 Å². The van der Waals surface area contributed by atoms with Crippen LogP contribution in [0.5, 0.6) is 0 Å². The van der Waals surface area contributed by atoms with Gasteiger partial charge < -0.3 is 4.90 Å². The first kappa shape index (κ1) is 21.8. The van der Waals surface area contributed by atoms with Crippen LogP contribution in [0.4, 0.5) is 5.69 Å². The van der Waals surface area contributed by atoms with Gasteiger partial charge in [-0.2, -0.15) is 10.1 Å². The fourth-order valence-corrected chi connectivity index (χ4v) is 4.29. The zero-order valence-electron chi connectivity index (χ0n) is 19.5. The molecule has 164 valence electrons. The third-order valence-corrected chi connectivity index (χ3v) is 5.64. The number of benzene rings is 2. The van der Waals surface area contributed by atoms with E-state index in [1.807, 2.05) is 79.7 Å². The minimum absolute atomic E-state index is 0.122. The molecule has 0 unspecified atom stereocenters. The number of aliphatic imine (C=N–C) groups is 1. The first-order valence-electron chi connectivity index (χ1n) is 10.9. The van der Waals surface area contributed by atoms with Gasteiger partial charge in [0.05, 0.1) is 5.71 Å². The second kappa shape index (κ2) is 8.58. The summed E-state index contributed by atoms with van der Waals surface area (Å²) in [4.78, 5) is 20.1. The molecule has 1 aliphatic heterocycles. The third kappa shape index (κ3) is 4.72.